The summed E-state index contributed by atoms with van der Waals surface area (Å²) in [6.07, 6.45) is -4.60. The Kier molecular flexibility index (Phi) is 4.74. The first-order valence-electron chi connectivity index (χ1n) is 8.86. The fourth-order valence-corrected chi connectivity index (χ4v) is 3.24. The van der Waals surface area contributed by atoms with E-state index in [-0.39, 0.29) is 6.54 Å². The molecule has 0 spiro atoms. The molecule has 0 aliphatic carbocycles. The summed E-state index contributed by atoms with van der Waals surface area (Å²) < 4.78 is 43.4. The molecule has 0 bridgehead atoms. The number of nitrogens with zero attached hydrogens (tertiary/aromatic N) is 2. The Morgan fingerprint density at radius 2 is 1.39 bits per heavy atom. The molecule has 0 fully saturated rings. The Balaban J connectivity index is 1.93. The number of hydrogen-bond donors (Lipinski definition) is 0. The number of alkyl halides is 3. The lowest BCUT2D eigenvalue weighted by Crippen LogP contribution is -2.31. The minimum absolute atomic E-state index is 0.0452. The van der Waals surface area contributed by atoms with Gasteiger partial charge in [0.25, 0.3) is 0 Å². The van der Waals surface area contributed by atoms with Crippen LogP contribution in [0.2, 0.25) is 0 Å². The molecule has 28 heavy (non-hydrogen) atoms. The fraction of sp³-hybridized carbons (Fsp3) is 0.0870. The molecule has 3 aromatic carbocycles. The summed E-state index contributed by atoms with van der Waals surface area (Å²) in [5.74, 6) is -0.920. The Hall–Kier alpha value is -3.34. The van der Waals surface area contributed by atoms with Crippen LogP contribution >= 0.6 is 0 Å². The van der Waals surface area contributed by atoms with Gasteiger partial charge in [-0.3, -0.25) is 9.56 Å². The van der Waals surface area contributed by atoms with Gasteiger partial charge in [-0.25, -0.2) is 0 Å². The zero-order chi connectivity index (χ0) is 19.6. The molecule has 140 valence electrons. The van der Waals surface area contributed by atoms with Crippen molar-refractivity contribution >= 4 is 16.7 Å². The molecule has 4 aromatic rings. The van der Waals surface area contributed by atoms with Crippen molar-refractivity contribution in [1.29, 1.82) is 0 Å². The standard InChI is InChI=1S/C23H17F3N2/c24-23(25,26)22(27-16-17-9-3-1-4-10-17)28-20-14-8-7-13-19(20)15-21(28)18-11-5-2-6-12-18/h1-15H,16H2. The van der Waals surface area contributed by atoms with Crippen LogP contribution in [0.4, 0.5) is 13.2 Å². The maximum atomic E-state index is 14.1. The Morgan fingerprint density at radius 1 is 0.786 bits per heavy atom. The minimum atomic E-state index is -4.60. The van der Waals surface area contributed by atoms with Gasteiger partial charge in [0.05, 0.1) is 17.8 Å². The third-order valence-electron chi connectivity index (χ3n) is 4.50. The molecule has 0 saturated carbocycles. The first-order chi connectivity index (χ1) is 13.5. The molecular formula is C23H17F3N2. The first kappa shape index (κ1) is 18.0. The van der Waals surface area contributed by atoms with E-state index < -0.39 is 12.0 Å². The summed E-state index contributed by atoms with van der Waals surface area (Å²) in [5.41, 5.74) is 2.37. The van der Waals surface area contributed by atoms with Gasteiger partial charge in [0, 0.05) is 5.39 Å². The number of halogens is 3. The lowest BCUT2D eigenvalue weighted by molar-refractivity contribution is -0.0615. The maximum Gasteiger partial charge on any atom is 0.449 e. The molecule has 0 amide bonds. The molecule has 0 atom stereocenters. The smallest absolute Gasteiger partial charge is 0.290 e. The first-order valence-corrected chi connectivity index (χ1v) is 8.86. The summed E-state index contributed by atoms with van der Waals surface area (Å²) in [4.78, 5) is 4.00. The second kappa shape index (κ2) is 7.35. The Bertz CT molecular complexity index is 1110. The number of rotatable bonds is 3. The molecule has 1 heterocycles. The highest BCUT2D eigenvalue weighted by Crippen LogP contribution is 2.32. The molecule has 0 aliphatic rings. The van der Waals surface area contributed by atoms with E-state index >= 15 is 0 Å². The van der Waals surface area contributed by atoms with Crippen molar-refractivity contribution in [2.24, 2.45) is 4.99 Å². The zero-order valence-corrected chi connectivity index (χ0v) is 14.9. The van der Waals surface area contributed by atoms with Crippen LogP contribution in [-0.4, -0.2) is 16.6 Å². The van der Waals surface area contributed by atoms with Crippen LogP contribution in [0.1, 0.15) is 5.56 Å². The third kappa shape index (κ3) is 3.56. The van der Waals surface area contributed by atoms with Gasteiger partial charge in [-0.15, -0.1) is 0 Å². The number of fused-ring (bicyclic) bond motifs is 1. The molecule has 2 nitrogen and oxygen atoms in total. The maximum absolute atomic E-state index is 14.1. The van der Waals surface area contributed by atoms with Crippen molar-refractivity contribution in [2.45, 2.75) is 12.7 Å². The molecule has 0 N–H and O–H groups in total. The van der Waals surface area contributed by atoms with Gasteiger partial charge in [-0.05, 0) is 23.3 Å². The summed E-state index contributed by atoms with van der Waals surface area (Å²) in [6, 6.07) is 26.8. The van der Waals surface area contributed by atoms with E-state index in [1.165, 1.54) is 4.57 Å². The Morgan fingerprint density at radius 3 is 2.07 bits per heavy atom. The van der Waals surface area contributed by atoms with Gasteiger partial charge in [0.1, 0.15) is 0 Å². The molecule has 0 radical (unpaired) electrons. The summed E-state index contributed by atoms with van der Waals surface area (Å²) in [5, 5.41) is 0.734. The predicted molar refractivity (Wildman–Crippen MR) is 106 cm³/mol. The lowest BCUT2D eigenvalue weighted by Gasteiger charge is -2.17. The van der Waals surface area contributed by atoms with Crippen LogP contribution in [0.25, 0.3) is 22.2 Å². The Labute approximate surface area is 160 Å². The molecule has 0 saturated heterocycles. The summed E-state index contributed by atoms with van der Waals surface area (Å²) in [6.45, 7) is -0.0452. The van der Waals surface area contributed by atoms with Crippen LogP contribution in [-0.2, 0) is 6.54 Å². The number of hydrogen-bond acceptors (Lipinski definition) is 1. The van der Waals surface area contributed by atoms with Crippen molar-refractivity contribution in [1.82, 2.24) is 4.57 Å². The minimum Gasteiger partial charge on any atom is -0.290 e. The van der Waals surface area contributed by atoms with E-state index in [0.29, 0.717) is 16.8 Å². The van der Waals surface area contributed by atoms with Crippen molar-refractivity contribution in [3.63, 3.8) is 0 Å². The summed E-state index contributed by atoms with van der Waals surface area (Å²) >= 11 is 0. The van der Waals surface area contributed by atoms with Crippen molar-refractivity contribution in [3.05, 3.63) is 96.6 Å². The molecule has 4 rings (SSSR count). The average molecular weight is 378 g/mol. The highest BCUT2D eigenvalue weighted by molar-refractivity contribution is 6.03. The highest BCUT2D eigenvalue weighted by atomic mass is 19.4. The van der Waals surface area contributed by atoms with Crippen molar-refractivity contribution in [2.75, 3.05) is 0 Å². The van der Waals surface area contributed by atoms with Crippen molar-refractivity contribution in [3.8, 4) is 11.3 Å². The molecular weight excluding hydrogens is 361 g/mol. The topological polar surface area (TPSA) is 17.3 Å². The lowest BCUT2D eigenvalue weighted by atomic mass is 10.1. The van der Waals surface area contributed by atoms with Gasteiger partial charge in [-0.2, -0.15) is 13.2 Å². The SMILES string of the molecule is FC(F)(F)C(=NCc1ccccc1)n1c(-c2ccccc2)cc2ccccc21. The quantitative estimate of drug-likeness (QED) is 0.293. The van der Waals surface area contributed by atoms with E-state index in [1.54, 1.807) is 54.6 Å². The normalized spacial score (nSPS) is 12.5. The van der Waals surface area contributed by atoms with E-state index in [0.717, 1.165) is 10.9 Å². The molecule has 0 aliphatic heterocycles. The second-order valence-electron chi connectivity index (χ2n) is 6.41. The monoisotopic (exact) mass is 378 g/mol. The molecule has 0 unspecified atom stereocenters. The van der Waals surface area contributed by atoms with Crippen LogP contribution < -0.4 is 0 Å². The fourth-order valence-electron chi connectivity index (χ4n) is 3.24. The molecule has 5 heteroatoms. The van der Waals surface area contributed by atoms with E-state index in [1.807, 2.05) is 36.4 Å². The van der Waals surface area contributed by atoms with Gasteiger partial charge in [0.15, 0.2) is 0 Å². The van der Waals surface area contributed by atoms with Crippen LogP contribution in [0, 0.1) is 0 Å². The van der Waals surface area contributed by atoms with E-state index in [9.17, 15) is 13.2 Å². The third-order valence-corrected chi connectivity index (χ3v) is 4.50. The van der Waals surface area contributed by atoms with Crippen LogP contribution in [0.5, 0.6) is 0 Å². The highest BCUT2D eigenvalue weighted by Gasteiger charge is 2.39. The van der Waals surface area contributed by atoms with Gasteiger partial charge in [0.2, 0.25) is 5.84 Å². The predicted octanol–water partition coefficient (Wildman–Crippen LogP) is 6.32. The van der Waals surface area contributed by atoms with Crippen molar-refractivity contribution < 1.29 is 13.2 Å². The largest absolute Gasteiger partial charge is 0.449 e. The average Bonchev–Trinajstić information content (AvgIpc) is 3.08. The number of para-hydroxylation sites is 1. The van der Waals surface area contributed by atoms with Gasteiger partial charge in [-0.1, -0.05) is 78.9 Å². The van der Waals surface area contributed by atoms with Crippen LogP contribution in [0.15, 0.2) is 96.0 Å². The van der Waals surface area contributed by atoms with Gasteiger partial charge >= 0.3 is 6.18 Å². The van der Waals surface area contributed by atoms with E-state index in [4.69, 9.17) is 0 Å². The molecule has 1 aromatic heterocycles. The zero-order valence-electron chi connectivity index (χ0n) is 14.9. The number of aromatic nitrogens is 1. The summed E-state index contributed by atoms with van der Waals surface area (Å²) in [7, 11) is 0. The number of benzene rings is 3. The number of aliphatic imine (C=N–C) groups is 1. The second-order valence-corrected chi connectivity index (χ2v) is 6.41. The van der Waals surface area contributed by atoms with Gasteiger partial charge < -0.3 is 0 Å². The van der Waals surface area contributed by atoms with Crippen LogP contribution in [0.3, 0.4) is 0 Å². The van der Waals surface area contributed by atoms with E-state index in [2.05, 4.69) is 4.99 Å².